The third-order valence-corrected chi connectivity index (χ3v) is 5.05. The van der Waals surface area contributed by atoms with Gasteiger partial charge in [-0.2, -0.15) is 23.3 Å². The maximum atomic E-state index is 13.9. The molecule has 2 heterocycles. The molecule has 4 aromatic rings. The molecule has 0 aliphatic rings. The van der Waals surface area contributed by atoms with Crippen LogP contribution in [0, 0.1) is 6.92 Å². The van der Waals surface area contributed by atoms with Crippen LogP contribution in [0.1, 0.15) is 16.7 Å². The van der Waals surface area contributed by atoms with Crippen LogP contribution in [0.2, 0.25) is 0 Å². The molecule has 0 saturated carbocycles. The number of carbonyl (C=O) groups is 1. The zero-order valence-corrected chi connectivity index (χ0v) is 18.0. The number of benzene rings is 2. The van der Waals surface area contributed by atoms with E-state index in [0.29, 0.717) is 5.56 Å². The topological polar surface area (TPSA) is 69.0 Å². The standard InChI is InChI=1S/C24H21F3N4O2/c1-15-7-6-8-16(11-15)13-28-19(32)14-33-20-12-18(24(25,26)27)21-22(17-9-4-3-5-10-17)30-31(2)23(21)29-20/h3-12H,13-14H2,1-2H3,(H,28,32). The fourth-order valence-electron chi connectivity index (χ4n) is 3.53. The van der Waals surface area contributed by atoms with E-state index in [1.165, 1.54) is 11.7 Å². The van der Waals surface area contributed by atoms with Crippen LogP contribution in [0.4, 0.5) is 13.2 Å². The fourth-order valence-corrected chi connectivity index (χ4v) is 3.53. The van der Waals surface area contributed by atoms with Crippen molar-refractivity contribution >= 4 is 16.9 Å². The molecule has 0 radical (unpaired) electrons. The third-order valence-electron chi connectivity index (χ3n) is 5.05. The fraction of sp³-hybridized carbons (Fsp3) is 0.208. The van der Waals surface area contributed by atoms with Crippen LogP contribution in [-0.2, 0) is 24.6 Å². The highest BCUT2D eigenvalue weighted by molar-refractivity contribution is 5.94. The number of pyridine rings is 1. The molecule has 0 unspecified atom stereocenters. The number of carbonyl (C=O) groups excluding carboxylic acids is 1. The van der Waals surface area contributed by atoms with Crippen molar-refractivity contribution in [2.24, 2.45) is 7.05 Å². The molecule has 0 bridgehead atoms. The lowest BCUT2D eigenvalue weighted by Gasteiger charge is -2.12. The van der Waals surface area contributed by atoms with Crippen LogP contribution in [0.25, 0.3) is 22.3 Å². The monoisotopic (exact) mass is 454 g/mol. The molecule has 2 aromatic heterocycles. The molecule has 2 aromatic carbocycles. The van der Waals surface area contributed by atoms with Crippen molar-refractivity contribution in [3.05, 3.63) is 77.4 Å². The van der Waals surface area contributed by atoms with E-state index in [0.717, 1.165) is 17.2 Å². The molecule has 9 heteroatoms. The van der Waals surface area contributed by atoms with Crippen LogP contribution in [0.3, 0.4) is 0 Å². The van der Waals surface area contributed by atoms with Gasteiger partial charge in [0.1, 0.15) is 5.69 Å². The summed E-state index contributed by atoms with van der Waals surface area (Å²) in [5.41, 5.74) is 1.77. The van der Waals surface area contributed by atoms with Crippen molar-refractivity contribution in [2.75, 3.05) is 6.61 Å². The lowest BCUT2D eigenvalue weighted by molar-refractivity contribution is -0.136. The van der Waals surface area contributed by atoms with E-state index in [9.17, 15) is 18.0 Å². The number of aromatic nitrogens is 3. The maximum absolute atomic E-state index is 13.9. The molecule has 0 aliphatic heterocycles. The van der Waals surface area contributed by atoms with Gasteiger partial charge in [0.15, 0.2) is 12.3 Å². The number of fused-ring (bicyclic) bond motifs is 1. The van der Waals surface area contributed by atoms with Gasteiger partial charge in [-0.15, -0.1) is 0 Å². The van der Waals surface area contributed by atoms with Gasteiger partial charge < -0.3 is 10.1 Å². The van der Waals surface area contributed by atoms with Gasteiger partial charge in [0.25, 0.3) is 5.91 Å². The number of halogens is 3. The Kier molecular flexibility index (Phi) is 6.04. The quantitative estimate of drug-likeness (QED) is 0.460. The zero-order valence-electron chi connectivity index (χ0n) is 18.0. The van der Waals surface area contributed by atoms with Gasteiger partial charge in [0, 0.05) is 25.2 Å². The van der Waals surface area contributed by atoms with Gasteiger partial charge in [-0.05, 0) is 12.5 Å². The second-order valence-electron chi connectivity index (χ2n) is 7.60. The van der Waals surface area contributed by atoms with Gasteiger partial charge in [-0.3, -0.25) is 4.79 Å². The van der Waals surface area contributed by atoms with Crippen LogP contribution >= 0.6 is 0 Å². The average molecular weight is 454 g/mol. The van der Waals surface area contributed by atoms with Crippen molar-refractivity contribution < 1.29 is 22.7 Å². The predicted octanol–water partition coefficient (Wildman–Crippen LogP) is 4.66. The number of ether oxygens (including phenoxy) is 1. The second-order valence-corrected chi connectivity index (χ2v) is 7.60. The third kappa shape index (κ3) is 4.97. The molecule has 0 atom stereocenters. The highest BCUT2D eigenvalue weighted by Gasteiger charge is 2.36. The van der Waals surface area contributed by atoms with Gasteiger partial charge >= 0.3 is 6.18 Å². The summed E-state index contributed by atoms with van der Waals surface area (Å²) in [4.78, 5) is 16.4. The Bertz CT molecular complexity index is 1300. The lowest BCUT2D eigenvalue weighted by atomic mass is 10.0. The average Bonchev–Trinajstić information content (AvgIpc) is 3.12. The molecule has 4 rings (SSSR count). The Hall–Kier alpha value is -3.88. The molecule has 33 heavy (non-hydrogen) atoms. The lowest BCUT2D eigenvalue weighted by Crippen LogP contribution is -2.28. The first-order valence-electron chi connectivity index (χ1n) is 10.2. The highest BCUT2D eigenvalue weighted by Crippen LogP contribution is 2.40. The summed E-state index contributed by atoms with van der Waals surface area (Å²) < 4.78 is 48.4. The molecule has 1 N–H and O–H groups in total. The first-order valence-corrected chi connectivity index (χ1v) is 10.2. The van der Waals surface area contributed by atoms with Crippen molar-refractivity contribution in [3.8, 4) is 17.1 Å². The molecule has 170 valence electrons. The first-order chi connectivity index (χ1) is 15.7. The summed E-state index contributed by atoms with van der Waals surface area (Å²) in [6.07, 6.45) is -4.67. The Labute approximate surface area is 188 Å². The van der Waals surface area contributed by atoms with Gasteiger partial charge in [0.2, 0.25) is 5.88 Å². The number of amides is 1. The summed E-state index contributed by atoms with van der Waals surface area (Å²) in [5, 5.41) is 6.83. The van der Waals surface area contributed by atoms with E-state index < -0.39 is 24.3 Å². The minimum Gasteiger partial charge on any atom is -0.467 e. The minimum atomic E-state index is -4.67. The second kappa shape index (κ2) is 8.93. The molecule has 0 fully saturated rings. The number of alkyl halides is 3. The summed E-state index contributed by atoms with van der Waals surface area (Å²) in [6, 6.07) is 17.0. The zero-order chi connectivity index (χ0) is 23.6. The summed E-state index contributed by atoms with van der Waals surface area (Å²) in [7, 11) is 1.51. The molecular weight excluding hydrogens is 433 g/mol. The van der Waals surface area contributed by atoms with Crippen molar-refractivity contribution in [1.29, 1.82) is 0 Å². The van der Waals surface area contributed by atoms with Crippen LogP contribution < -0.4 is 10.1 Å². The number of hydrogen-bond acceptors (Lipinski definition) is 4. The van der Waals surface area contributed by atoms with E-state index in [4.69, 9.17) is 4.74 Å². The largest absolute Gasteiger partial charge is 0.467 e. The van der Waals surface area contributed by atoms with Crippen molar-refractivity contribution in [2.45, 2.75) is 19.6 Å². The summed E-state index contributed by atoms with van der Waals surface area (Å²) in [5.74, 6) is -0.773. The molecule has 0 spiro atoms. The summed E-state index contributed by atoms with van der Waals surface area (Å²) >= 11 is 0. The number of hydrogen-bond donors (Lipinski definition) is 1. The molecule has 1 amide bonds. The normalized spacial score (nSPS) is 11.5. The van der Waals surface area contributed by atoms with Crippen LogP contribution in [0.15, 0.2) is 60.7 Å². The van der Waals surface area contributed by atoms with E-state index in [1.54, 1.807) is 30.3 Å². The Balaban J connectivity index is 1.59. The highest BCUT2D eigenvalue weighted by atomic mass is 19.4. The number of aryl methyl sites for hydroxylation is 2. The Morgan fingerprint density at radius 2 is 1.85 bits per heavy atom. The Morgan fingerprint density at radius 3 is 2.55 bits per heavy atom. The number of nitrogens with one attached hydrogen (secondary N) is 1. The van der Waals surface area contributed by atoms with Crippen molar-refractivity contribution in [3.63, 3.8) is 0 Å². The van der Waals surface area contributed by atoms with Gasteiger partial charge in [-0.1, -0.05) is 60.2 Å². The van der Waals surface area contributed by atoms with Crippen LogP contribution in [-0.4, -0.2) is 27.3 Å². The molecule has 0 saturated heterocycles. The summed E-state index contributed by atoms with van der Waals surface area (Å²) in [6.45, 7) is 1.76. The molecule has 6 nitrogen and oxygen atoms in total. The number of rotatable bonds is 6. The number of nitrogens with zero attached hydrogens (tertiary/aromatic N) is 3. The Morgan fingerprint density at radius 1 is 1.09 bits per heavy atom. The van der Waals surface area contributed by atoms with Crippen molar-refractivity contribution in [1.82, 2.24) is 20.1 Å². The van der Waals surface area contributed by atoms with Gasteiger partial charge in [-0.25, -0.2) is 4.68 Å². The van der Waals surface area contributed by atoms with E-state index >= 15 is 0 Å². The SMILES string of the molecule is Cc1cccc(CNC(=O)COc2cc(C(F)(F)F)c3c(-c4ccccc4)nn(C)c3n2)c1. The van der Waals surface area contributed by atoms with Crippen LogP contribution in [0.5, 0.6) is 5.88 Å². The first kappa shape index (κ1) is 22.3. The van der Waals surface area contributed by atoms with E-state index in [-0.39, 0.29) is 29.2 Å². The minimum absolute atomic E-state index is 0.0128. The van der Waals surface area contributed by atoms with Gasteiger partial charge in [0.05, 0.1) is 10.9 Å². The maximum Gasteiger partial charge on any atom is 0.417 e. The molecule has 0 aliphatic carbocycles. The van der Waals surface area contributed by atoms with E-state index in [2.05, 4.69) is 15.4 Å². The molecular formula is C24H21F3N4O2. The smallest absolute Gasteiger partial charge is 0.417 e. The predicted molar refractivity (Wildman–Crippen MR) is 117 cm³/mol. The van der Waals surface area contributed by atoms with E-state index in [1.807, 2.05) is 31.2 Å².